The Balaban J connectivity index is 1.69. The van der Waals surface area contributed by atoms with Gasteiger partial charge in [-0.05, 0) is 53.4 Å². The molecule has 1 saturated heterocycles. The summed E-state index contributed by atoms with van der Waals surface area (Å²) in [5.74, 6) is 0.964. The van der Waals surface area contributed by atoms with Crippen molar-refractivity contribution in [1.29, 1.82) is 0 Å². The molecule has 1 unspecified atom stereocenters. The first kappa shape index (κ1) is 13.4. The van der Waals surface area contributed by atoms with Crippen molar-refractivity contribution in [3.05, 3.63) is 28.2 Å². The molecule has 0 bridgehead atoms. The van der Waals surface area contributed by atoms with Crippen LogP contribution < -0.4 is 4.74 Å². The molecule has 1 aliphatic carbocycles. The molecule has 1 saturated carbocycles. The molecule has 2 nitrogen and oxygen atoms in total. The largest absolute Gasteiger partial charge is 0.489 e. The lowest BCUT2D eigenvalue weighted by Crippen LogP contribution is -2.41. The first-order chi connectivity index (χ1) is 9.17. The molecule has 0 aromatic heterocycles. The topological polar surface area (TPSA) is 18.5 Å². The van der Waals surface area contributed by atoms with Gasteiger partial charge in [0.25, 0.3) is 0 Å². The molecule has 3 heteroatoms. The SMILES string of the molecule is Cc1ccc(OC2CCOC3(CCCC3)C2)c(Br)c1. The Morgan fingerprint density at radius 1 is 1.32 bits per heavy atom. The van der Waals surface area contributed by atoms with Gasteiger partial charge < -0.3 is 9.47 Å². The van der Waals surface area contributed by atoms with E-state index in [2.05, 4.69) is 41.1 Å². The fourth-order valence-electron chi connectivity index (χ4n) is 3.33. The molecule has 1 heterocycles. The molecule has 3 rings (SSSR count). The van der Waals surface area contributed by atoms with Crippen molar-refractivity contribution in [2.75, 3.05) is 6.61 Å². The van der Waals surface area contributed by atoms with Crippen LogP contribution in [0.5, 0.6) is 5.75 Å². The van der Waals surface area contributed by atoms with Crippen LogP contribution >= 0.6 is 15.9 Å². The zero-order chi connectivity index (χ0) is 13.3. The maximum atomic E-state index is 6.20. The van der Waals surface area contributed by atoms with Crippen LogP contribution in [0.3, 0.4) is 0 Å². The van der Waals surface area contributed by atoms with Gasteiger partial charge in [-0.3, -0.25) is 0 Å². The van der Waals surface area contributed by atoms with Gasteiger partial charge in [-0.25, -0.2) is 0 Å². The number of ether oxygens (including phenoxy) is 2. The molecule has 1 atom stereocenters. The number of aryl methyl sites for hydroxylation is 1. The standard InChI is InChI=1S/C16H21BrO2/c1-12-4-5-15(14(17)10-12)19-13-6-9-18-16(11-13)7-2-3-8-16/h4-5,10,13H,2-3,6-9,11H2,1H3. The van der Waals surface area contributed by atoms with Crippen molar-refractivity contribution in [3.63, 3.8) is 0 Å². The average molecular weight is 325 g/mol. The van der Waals surface area contributed by atoms with E-state index in [0.29, 0.717) is 6.10 Å². The Morgan fingerprint density at radius 2 is 2.11 bits per heavy atom. The zero-order valence-electron chi connectivity index (χ0n) is 11.5. The second-order valence-corrected chi connectivity index (χ2v) is 6.76. The van der Waals surface area contributed by atoms with E-state index in [1.54, 1.807) is 0 Å². The smallest absolute Gasteiger partial charge is 0.133 e. The van der Waals surface area contributed by atoms with Gasteiger partial charge in [0.1, 0.15) is 11.9 Å². The number of halogens is 1. The lowest BCUT2D eigenvalue weighted by atomic mass is 9.90. The summed E-state index contributed by atoms with van der Waals surface area (Å²) in [6.45, 7) is 2.94. The summed E-state index contributed by atoms with van der Waals surface area (Å²) in [4.78, 5) is 0. The highest BCUT2D eigenvalue weighted by Crippen LogP contribution is 2.41. The van der Waals surface area contributed by atoms with Gasteiger partial charge in [-0.2, -0.15) is 0 Å². The molecule has 2 fully saturated rings. The fourth-order valence-corrected chi connectivity index (χ4v) is 3.92. The third kappa shape index (κ3) is 2.97. The molecule has 1 aliphatic heterocycles. The third-order valence-corrected chi connectivity index (χ3v) is 4.96. The van der Waals surface area contributed by atoms with Crippen LogP contribution in [-0.4, -0.2) is 18.3 Å². The van der Waals surface area contributed by atoms with E-state index in [9.17, 15) is 0 Å². The van der Waals surface area contributed by atoms with E-state index < -0.39 is 0 Å². The fraction of sp³-hybridized carbons (Fsp3) is 0.625. The molecule has 1 aromatic rings. The summed E-state index contributed by atoms with van der Waals surface area (Å²) < 4.78 is 13.3. The number of hydrogen-bond donors (Lipinski definition) is 0. The summed E-state index contributed by atoms with van der Waals surface area (Å²) in [5, 5.41) is 0. The summed E-state index contributed by atoms with van der Waals surface area (Å²) in [6.07, 6.45) is 7.38. The van der Waals surface area contributed by atoms with Crippen molar-refractivity contribution in [2.24, 2.45) is 0 Å². The molecule has 1 spiro atoms. The minimum atomic E-state index is 0.125. The van der Waals surface area contributed by atoms with Gasteiger partial charge in [0.15, 0.2) is 0 Å². The van der Waals surface area contributed by atoms with Crippen LogP contribution in [0.4, 0.5) is 0 Å². The van der Waals surface area contributed by atoms with Crippen LogP contribution in [0.25, 0.3) is 0 Å². The summed E-state index contributed by atoms with van der Waals surface area (Å²) in [7, 11) is 0. The Morgan fingerprint density at radius 3 is 2.84 bits per heavy atom. The molecule has 2 aliphatic rings. The van der Waals surface area contributed by atoms with Gasteiger partial charge >= 0.3 is 0 Å². The Labute approximate surface area is 123 Å². The molecule has 0 N–H and O–H groups in total. The predicted octanol–water partition coefficient (Wildman–Crippen LogP) is 4.63. The maximum absolute atomic E-state index is 6.20. The van der Waals surface area contributed by atoms with Crippen molar-refractivity contribution >= 4 is 15.9 Å². The van der Waals surface area contributed by atoms with Gasteiger partial charge in [-0.15, -0.1) is 0 Å². The quantitative estimate of drug-likeness (QED) is 0.789. The maximum Gasteiger partial charge on any atom is 0.133 e. The lowest BCUT2D eigenvalue weighted by molar-refractivity contribution is -0.108. The molecule has 0 radical (unpaired) electrons. The molecule has 19 heavy (non-hydrogen) atoms. The molecule has 0 amide bonds. The Bertz CT molecular complexity index is 452. The summed E-state index contributed by atoms with van der Waals surface area (Å²) in [5.41, 5.74) is 1.37. The van der Waals surface area contributed by atoms with Gasteiger partial charge in [0.05, 0.1) is 16.7 Å². The van der Waals surface area contributed by atoms with E-state index in [4.69, 9.17) is 9.47 Å². The zero-order valence-corrected chi connectivity index (χ0v) is 13.0. The monoisotopic (exact) mass is 324 g/mol. The molecule has 104 valence electrons. The van der Waals surface area contributed by atoms with Crippen LogP contribution in [0.1, 0.15) is 44.1 Å². The number of benzene rings is 1. The molecular weight excluding hydrogens is 304 g/mol. The van der Waals surface area contributed by atoms with Crippen LogP contribution in [0.15, 0.2) is 22.7 Å². The second-order valence-electron chi connectivity index (χ2n) is 5.91. The lowest BCUT2D eigenvalue weighted by Gasteiger charge is -2.38. The van der Waals surface area contributed by atoms with Crippen molar-refractivity contribution < 1.29 is 9.47 Å². The van der Waals surface area contributed by atoms with Gasteiger partial charge in [0.2, 0.25) is 0 Å². The van der Waals surface area contributed by atoms with Crippen molar-refractivity contribution in [1.82, 2.24) is 0 Å². The van der Waals surface area contributed by atoms with Crippen molar-refractivity contribution in [2.45, 2.75) is 57.2 Å². The first-order valence-electron chi connectivity index (χ1n) is 7.24. The average Bonchev–Trinajstić information content (AvgIpc) is 2.81. The highest BCUT2D eigenvalue weighted by Gasteiger charge is 2.40. The van der Waals surface area contributed by atoms with E-state index in [-0.39, 0.29) is 5.60 Å². The predicted molar refractivity (Wildman–Crippen MR) is 79.7 cm³/mol. The van der Waals surface area contributed by atoms with Crippen molar-refractivity contribution in [3.8, 4) is 5.75 Å². The van der Waals surface area contributed by atoms with E-state index in [1.807, 2.05) is 0 Å². The second kappa shape index (κ2) is 5.45. The highest BCUT2D eigenvalue weighted by atomic mass is 79.9. The van der Waals surface area contributed by atoms with Crippen LogP contribution in [0.2, 0.25) is 0 Å². The van der Waals surface area contributed by atoms with E-state index >= 15 is 0 Å². The third-order valence-electron chi connectivity index (χ3n) is 4.34. The minimum Gasteiger partial charge on any atom is -0.489 e. The normalized spacial score (nSPS) is 25.7. The molecular formula is C16H21BrO2. The van der Waals surface area contributed by atoms with Gasteiger partial charge in [-0.1, -0.05) is 18.9 Å². The van der Waals surface area contributed by atoms with Gasteiger partial charge in [0, 0.05) is 12.8 Å². The summed E-state index contributed by atoms with van der Waals surface area (Å²) >= 11 is 3.59. The Hall–Kier alpha value is -0.540. The van der Waals surface area contributed by atoms with Crippen LogP contribution in [-0.2, 0) is 4.74 Å². The van der Waals surface area contributed by atoms with E-state index in [1.165, 1.54) is 31.2 Å². The number of hydrogen-bond acceptors (Lipinski definition) is 2. The van der Waals surface area contributed by atoms with E-state index in [0.717, 1.165) is 29.7 Å². The number of rotatable bonds is 2. The minimum absolute atomic E-state index is 0.125. The summed E-state index contributed by atoms with van der Waals surface area (Å²) in [6, 6.07) is 6.28. The van der Waals surface area contributed by atoms with Crippen LogP contribution in [0, 0.1) is 6.92 Å². The Kier molecular flexibility index (Phi) is 3.86. The highest BCUT2D eigenvalue weighted by molar-refractivity contribution is 9.10. The molecule has 1 aromatic carbocycles. The first-order valence-corrected chi connectivity index (χ1v) is 8.03.